The van der Waals surface area contributed by atoms with Crippen LogP contribution < -0.4 is 5.56 Å². The highest BCUT2D eigenvalue weighted by Crippen LogP contribution is 2.38. The predicted molar refractivity (Wildman–Crippen MR) is 79.8 cm³/mol. The summed E-state index contributed by atoms with van der Waals surface area (Å²) in [5.74, 6) is -0.0919. The first kappa shape index (κ1) is 17.6. The molecule has 11 heteroatoms. The van der Waals surface area contributed by atoms with Gasteiger partial charge < -0.3 is 4.42 Å². The highest BCUT2D eigenvalue weighted by molar-refractivity contribution is 5.72. The van der Waals surface area contributed by atoms with Gasteiger partial charge in [0, 0.05) is 18.5 Å². The Balaban J connectivity index is 1.93. The van der Waals surface area contributed by atoms with E-state index in [-0.39, 0.29) is 17.3 Å². The molecule has 27 heavy (non-hydrogen) atoms. The maximum atomic E-state index is 13.0. The van der Waals surface area contributed by atoms with Crippen LogP contribution in [0.4, 0.5) is 26.3 Å². The Hall–Kier alpha value is -2.85. The highest BCUT2D eigenvalue weighted by Gasteiger charge is 2.37. The van der Waals surface area contributed by atoms with Crippen LogP contribution in [0.3, 0.4) is 0 Å². The fourth-order valence-electron chi connectivity index (χ4n) is 2.97. The SMILES string of the molecule is O=c1c2nc(-c3cc(C(F)(F)F)cc(C(F)(F)F)c3)oc2nc2n1CCC2. The quantitative estimate of drug-likeness (QED) is 0.590. The van der Waals surface area contributed by atoms with Crippen LogP contribution in [-0.4, -0.2) is 14.5 Å². The van der Waals surface area contributed by atoms with Gasteiger partial charge in [0.25, 0.3) is 11.3 Å². The third-order valence-corrected chi connectivity index (χ3v) is 4.22. The summed E-state index contributed by atoms with van der Waals surface area (Å²) < 4.78 is 84.6. The maximum Gasteiger partial charge on any atom is 0.416 e. The summed E-state index contributed by atoms with van der Waals surface area (Å²) in [5.41, 5.74) is -4.52. The molecule has 1 aliphatic heterocycles. The van der Waals surface area contributed by atoms with Crippen molar-refractivity contribution in [3.8, 4) is 11.5 Å². The second kappa shape index (κ2) is 5.57. The first-order valence-electron chi connectivity index (χ1n) is 7.74. The average Bonchev–Trinajstić information content (AvgIpc) is 3.20. The molecule has 0 aliphatic carbocycles. The van der Waals surface area contributed by atoms with Crippen molar-refractivity contribution in [3.05, 3.63) is 45.5 Å². The summed E-state index contributed by atoms with van der Waals surface area (Å²) in [6.45, 7) is 0.418. The Morgan fingerprint density at radius 3 is 2.19 bits per heavy atom. The lowest BCUT2D eigenvalue weighted by Crippen LogP contribution is -2.20. The van der Waals surface area contributed by atoms with E-state index < -0.39 is 40.5 Å². The van der Waals surface area contributed by atoms with Crippen molar-refractivity contribution >= 4 is 11.2 Å². The molecule has 0 radical (unpaired) electrons. The summed E-state index contributed by atoms with van der Waals surface area (Å²) in [7, 11) is 0. The fraction of sp³-hybridized carbons (Fsp3) is 0.312. The highest BCUT2D eigenvalue weighted by atomic mass is 19.4. The molecule has 0 spiro atoms. The number of rotatable bonds is 1. The third-order valence-electron chi connectivity index (χ3n) is 4.22. The topological polar surface area (TPSA) is 60.9 Å². The van der Waals surface area contributed by atoms with Crippen LogP contribution in [0.15, 0.2) is 27.4 Å². The lowest BCUT2D eigenvalue weighted by molar-refractivity contribution is -0.143. The van der Waals surface area contributed by atoms with Gasteiger partial charge in [0.05, 0.1) is 11.1 Å². The summed E-state index contributed by atoms with van der Waals surface area (Å²) in [4.78, 5) is 20.3. The molecule has 0 saturated carbocycles. The van der Waals surface area contributed by atoms with Gasteiger partial charge >= 0.3 is 12.4 Å². The molecule has 0 unspecified atom stereocenters. The second-order valence-corrected chi connectivity index (χ2v) is 6.06. The van der Waals surface area contributed by atoms with Gasteiger partial charge in [-0.05, 0) is 24.6 Å². The van der Waals surface area contributed by atoms with Crippen LogP contribution in [0.25, 0.3) is 22.7 Å². The maximum absolute atomic E-state index is 13.0. The van der Waals surface area contributed by atoms with Crippen LogP contribution in [0.5, 0.6) is 0 Å². The molecule has 0 N–H and O–H groups in total. The molecule has 5 nitrogen and oxygen atoms in total. The summed E-state index contributed by atoms with van der Waals surface area (Å²) in [6, 6.07) is 0.990. The van der Waals surface area contributed by atoms with Crippen LogP contribution in [-0.2, 0) is 25.3 Å². The molecule has 0 saturated heterocycles. The van der Waals surface area contributed by atoms with E-state index in [0.29, 0.717) is 37.3 Å². The number of benzene rings is 1. The van der Waals surface area contributed by atoms with E-state index in [9.17, 15) is 31.1 Å². The van der Waals surface area contributed by atoms with E-state index in [1.165, 1.54) is 4.57 Å². The van der Waals surface area contributed by atoms with Gasteiger partial charge in [-0.25, -0.2) is 4.98 Å². The van der Waals surface area contributed by atoms with Gasteiger partial charge in [-0.15, -0.1) is 0 Å². The van der Waals surface area contributed by atoms with E-state index in [1.807, 2.05) is 0 Å². The van der Waals surface area contributed by atoms with Crippen LogP contribution in [0, 0.1) is 0 Å². The average molecular weight is 389 g/mol. The van der Waals surface area contributed by atoms with E-state index in [1.54, 1.807) is 0 Å². The molecule has 1 aliphatic rings. The zero-order chi connectivity index (χ0) is 19.6. The minimum absolute atomic E-state index is 0.00776. The number of hydrogen-bond acceptors (Lipinski definition) is 4. The Kier molecular flexibility index (Phi) is 3.62. The van der Waals surface area contributed by atoms with Crippen molar-refractivity contribution in [2.75, 3.05) is 0 Å². The molecule has 0 bridgehead atoms. The minimum Gasteiger partial charge on any atom is -0.417 e. The van der Waals surface area contributed by atoms with Crippen molar-refractivity contribution in [1.82, 2.24) is 14.5 Å². The molecular formula is C16H9F6N3O2. The van der Waals surface area contributed by atoms with Gasteiger partial charge in [-0.2, -0.15) is 31.3 Å². The number of nitrogens with zero attached hydrogens (tertiary/aromatic N) is 3. The van der Waals surface area contributed by atoms with Crippen LogP contribution >= 0.6 is 0 Å². The lowest BCUT2D eigenvalue weighted by Gasteiger charge is -2.12. The molecular weight excluding hydrogens is 380 g/mol. The number of alkyl halides is 6. The number of aromatic nitrogens is 3. The Morgan fingerprint density at radius 1 is 0.963 bits per heavy atom. The second-order valence-electron chi connectivity index (χ2n) is 6.06. The van der Waals surface area contributed by atoms with Crippen molar-refractivity contribution in [2.24, 2.45) is 0 Å². The molecule has 0 fully saturated rings. The van der Waals surface area contributed by atoms with Crippen molar-refractivity contribution in [3.63, 3.8) is 0 Å². The van der Waals surface area contributed by atoms with Crippen LogP contribution in [0.2, 0.25) is 0 Å². The Bertz CT molecular complexity index is 1080. The minimum atomic E-state index is -5.00. The van der Waals surface area contributed by atoms with Gasteiger partial charge in [0.15, 0.2) is 5.52 Å². The Morgan fingerprint density at radius 2 is 1.59 bits per heavy atom. The number of hydrogen-bond donors (Lipinski definition) is 0. The Labute approximate surface area is 146 Å². The van der Waals surface area contributed by atoms with Crippen molar-refractivity contribution in [2.45, 2.75) is 31.7 Å². The van der Waals surface area contributed by atoms with E-state index in [2.05, 4.69) is 9.97 Å². The van der Waals surface area contributed by atoms with E-state index in [4.69, 9.17) is 4.42 Å². The first-order chi connectivity index (χ1) is 12.5. The molecule has 3 aromatic rings. The molecule has 3 heterocycles. The summed E-state index contributed by atoms with van der Waals surface area (Å²) >= 11 is 0. The zero-order valence-corrected chi connectivity index (χ0v) is 13.3. The normalized spacial score (nSPS) is 14.7. The predicted octanol–water partition coefficient (Wildman–Crippen LogP) is 4.04. The fourth-order valence-corrected chi connectivity index (χ4v) is 2.97. The molecule has 0 amide bonds. The van der Waals surface area contributed by atoms with Gasteiger partial charge in [0.1, 0.15) is 5.82 Å². The summed E-state index contributed by atoms with van der Waals surface area (Å²) in [5, 5.41) is 0. The lowest BCUT2D eigenvalue weighted by atomic mass is 10.0. The monoisotopic (exact) mass is 389 g/mol. The van der Waals surface area contributed by atoms with Gasteiger partial charge in [-0.3, -0.25) is 9.36 Å². The van der Waals surface area contributed by atoms with Crippen molar-refractivity contribution < 1.29 is 30.8 Å². The molecule has 1 aromatic carbocycles. The first-order valence-corrected chi connectivity index (χ1v) is 7.74. The largest absolute Gasteiger partial charge is 0.417 e. The van der Waals surface area contributed by atoms with E-state index in [0.717, 1.165) is 0 Å². The third kappa shape index (κ3) is 2.96. The van der Waals surface area contributed by atoms with Crippen LogP contribution in [0.1, 0.15) is 23.4 Å². The van der Waals surface area contributed by atoms with E-state index >= 15 is 0 Å². The number of fused-ring (bicyclic) bond motifs is 2. The smallest absolute Gasteiger partial charge is 0.416 e. The zero-order valence-electron chi connectivity index (χ0n) is 13.3. The molecule has 2 aromatic heterocycles. The number of aryl methyl sites for hydroxylation is 1. The molecule has 142 valence electrons. The standard InChI is InChI=1S/C16H9F6N3O2/c17-15(18,19)8-4-7(5-9(6-8)16(20,21)22)12-24-11-13(27-12)23-10-2-1-3-25(10)14(11)26/h4-6H,1-3H2. The molecule has 4 rings (SSSR count). The summed E-state index contributed by atoms with van der Waals surface area (Å²) in [6.07, 6.45) is -8.78. The van der Waals surface area contributed by atoms with Crippen molar-refractivity contribution in [1.29, 1.82) is 0 Å². The number of halogens is 6. The van der Waals surface area contributed by atoms with Gasteiger partial charge in [0.2, 0.25) is 5.89 Å². The number of oxazole rings is 1. The molecule has 0 atom stereocenters. The van der Waals surface area contributed by atoms with Gasteiger partial charge in [-0.1, -0.05) is 0 Å².